The third-order valence-electron chi connectivity index (χ3n) is 4.24. The van der Waals surface area contributed by atoms with Crippen molar-refractivity contribution in [2.75, 3.05) is 20.8 Å². The van der Waals surface area contributed by atoms with Gasteiger partial charge in [0.25, 0.3) is 0 Å². The van der Waals surface area contributed by atoms with Gasteiger partial charge < -0.3 is 24.4 Å². The molecule has 1 fully saturated rings. The highest BCUT2D eigenvalue weighted by Crippen LogP contribution is 2.26. The monoisotopic (exact) mass is 392 g/mol. The zero-order valence-electron chi connectivity index (χ0n) is 17.0. The van der Waals surface area contributed by atoms with Gasteiger partial charge in [0.15, 0.2) is 5.78 Å². The van der Waals surface area contributed by atoms with Gasteiger partial charge in [-0.1, -0.05) is 0 Å². The zero-order chi connectivity index (χ0) is 20.9. The third-order valence-corrected chi connectivity index (χ3v) is 4.24. The number of carbonyl (C=O) groups is 3. The summed E-state index contributed by atoms with van der Waals surface area (Å²) in [5.41, 5.74) is 0.0615. The molecule has 1 aliphatic rings. The first kappa shape index (κ1) is 21.5. The lowest BCUT2D eigenvalue weighted by atomic mass is 10.1. The van der Waals surface area contributed by atoms with Crippen molar-refractivity contribution in [3.05, 3.63) is 23.8 Å². The Hall–Kier alpha value is -2.77. The third kappa shape index (κ3) is 5.87. The topological polar surface area (TPSA) is 94.2 Å². The second-order valence-corrected chi connectivity index (χ2v) is 7.65. The zero-order valence-corrected chi connectivity index (χ0v) is 17.0. The van der Waals surface area contributed by atoms with Gasteiger partial charge in [0.1, 0.15) is 23.1 Å². The molecule has 154 valence electrons. The van der Waals surface area contributed by atoms with Crippen LogP contribution in [0.4, 0.5) is 4.79 Å². The standard InChI is InChI=1S/C20H28N2O6/c1-20(2,3)28-19(25)21-16-9-7-14(23)12-22(18(16)24)11-13-6-8-15(26-4)10-17(13)27-5/h6,8,10,16H,7,9,11-12H2,1-5H3,(H,21,25)/t16-/m1/s1. The maximum atomic E-state index is 13.0. The van der Waals surface area contributed by atoms with Crippen molar-refractivity contribution in [2.24, 2.45) is 0 Å². The molecule has 2 amide bonds. The van der Waals surface area contributed by atoms with E-state index in [0.29, 0.717) is 11.5 Å². The first-order valence-corrected chi connectivity index (χ1v) is 9.14. The fourth-order valence-corrected chi connectivity index (χ4v) is 2.92. The van der Waals surface area contributed by atoms with Crippen LogP contribution in [0.25, 0.3) is 0 Å². The molecule has 1 aromatic carbocycles. The molecule has 1 saturated heterocycles. The molecule has 1 heterocycles. The number of benzene rings is 1. The van der Waals surface area contributed by atoms with Gasteiger partial charge in [0.05, 0.1) is 20.8 Å². The summed E-state index contributed by atoms with van der Waals surface area (Å²) in [6, 6.07) is 4.45. The molecule has 0 saturated carbocycles. The van der Waals surface area contributed by atoms with E-state index < -0.39 is 17.7 Å². The second kappa shape index (κ2) is 8.95. The van der Waals surface area contributed by atoms with Crippen molar-refractivity contribution in [1.29, 1.82) is 0 Å². The summed E-state index contributed by atoms with van der Waals surface area (Å²) >= 11 is 0. The van der Waals surface area contributed by atoms with E-state index in [1.165, 1.54) is 12.0 Å². The van der Waals surface area contributed by atoms with Crippen molar-refractivity contribution >= 4 is 17.8 Å². The van der Waals surface area contributed by atoms with Crippen molar-refractivity contribution in [3.63, 3.8) is 0 Å². The molecule has 1 aliphatic heterocycles. The maximum Gasteiger partial charge on any atom is 0.408 e. The number of Topliss-reactive ketones (excluding diaryl/α,β-unsaturated/α-hetero) is 1. The number of rotatable bonds is 5. The molecule has 0 aliphatic carbocycles. The number of hydrogen-bond donors (Lipinski definition) is 1. The van der Waals surface area contributed by atoms with E-state index in [-0.39, 0.29) is 37.6 Å². The van der Waals surface area contributed by atoms with Gasteiger partial charge in [-0.25, -0.2) is 4.79 Å². The molecule has 8 heteroatoms. The van der Waals surface area contributed by atoms with Crippen LogP contribution in [0, 0.1) is 0 Å². The normalized spacial score (nSPS) is 17.8. The molecule has 2 rings (SSSR count). The van der Waals surface area contributed by atoms with E-state index in [9.17, 15) is 14.4 Å². The van der Waals surface area contributed by atoms with Crippen LogP contribution in [0.3, 0.4) is 0 Å². The minimum absolute atomic E-state index is 0.0134. The fraction of sp³-hybridized carbons (Fsp3) is 0.550. The summed E-state index contributed by atoms with van der Waals surface area (Å²) < 4.78 is 15.8. The van der Waals surface area contributed by atoms with Crippen LogP contribution in [-0.4, -0.2) is 55.1 Å². The lowest BCUT2D eigenvalue weighted by molar-refractivity contribution is -0.135. The fourth-order valence-electron chi connectivity index (χ4n) is 2.92. The summed E-state index contributed by atoms with van der Waals surface area (Å²) in [4.78, 5) is 38.6. The van der Waals surface area contributed by atoms with E-state index >= 15 is 0 Å². The number of amides is 2. The molecule has 8 nitrogen and oxygen atoms in total. The molecular weight excluding hydrogens is 364 g/mol. The first-order chi connectivity index (χ1) is 13.1. The van der Waals surface area contributed by atoms with Gasteiger partial charge >= 0.3 is 6.09 Å². The largest absolute Gasteiger partial charge is 0.497 e. The van der Waals surface area contributed by atoms with Crippen molar-refractivity contribution in [3.8, 4) is 11.5 Å². The highest BCUT2D eigenvalue weighted by Gasteiger charge is 2.32. The van der Waals surface area contributed by atoms with Crippen molar-refractivity contribution in [2.45, 2.75) is 51.8 Å². The Kier molecular flexibility index (Phi) is 6.88. The molecule has 0 unspecified atom stereocenters. The van der Waals surface area contributed by atoms with Crippen LogP contribution in [0.2, 0.25) is 0 Å². The Morgan fingerprint density at radius 2 is 1.93 bits per heavy atom. The van der Waals surface area contributed by atoms with Gasteiger partial charge in [-0.15, -0.1) is 0 Å². The number of ketones is 1. The van der Waals surface area contributed by atoms with Gasteiger partial charge in [0, 0.05) is 24.6 Å². The number of carbonyl (C=O) groups excluding carboxylic acids is 3. The molecular formula is C20H28N2O6. The number of hydrogen-bond acceptors (Lipinski definition) is 6. The summed E-state index contributed by atoms with van der Waals surface area (Å²) in [5.74, 6) is 0.799. The predicted octanol–water partition coefficient (Wildman–Crippen LogP) is 2.29. The lowest BCUT2D eigenvalue weighted by Gasteiger charge is -2.26. The molecule has 1 aromatic rings. The molecule has 1 N–H and O–H groups in total. The minimum Gasteiger partial charge on any atom is -0.497 e. The van der Waals surface area contributed by atoms with Crippen molar-refractivity contribution in [1.82, 2.24) is 10.2 Å². The number of ether oxygens (including phenoxy) is 3. The SMILES string of the molecule is COc1ccc(CN2CC(=O)CC[C@@H](NC(=O)OC(C)(C)C)C2=O)c(OC)c1. The van der Waals surface area contributed by atoms with Gasteiger partial charge in [-0.05, 0) is 39.3 Å². The van der Waals surface area contributed by atoms with Crippen LogP contribution in [0.15, 0.2) is 18.2 Å². The highest BCUT2D eigenvalue weighted by atomic mass is 16.6. The second-order valence-electron chi connectivity index (χ2n) is 7.65. The summed E-state index contributed by atoms with van der Waals surface area (Å²) in [7, 11) is 3.08. The number of alkyl carbamates (subject to hydrolysis) is 1. The Bertz CT molecular complexity index is 741. The predicted molar refractivity (Wildman–Crippen MR) is 102 cm³/mol. The van der Waals surface area contributed by atoms with Crippen molar-refractivity contribution < 1.29 is 28.6 Å². The Balaban J connectivity index is 2.17. The summed E-state index contributed by atoms with van der Waals surface area (Å²) in [6.07, 6.45) is -0.225. The smallest absolute Gasteiger partial charge is 0.408 e. The van der Waals surface area contributed by atoms with E-state index in [1.54, 1.807) is 46.1 Å². The number of nitrogens with one attached hydrogen (secondary N) is 1. The molecule has 28 heavy (non-hydrogen) atoms. The van der Waals surface area contributed by atoms with Crippen LogP contribution >= 0.6 is 0 Å². The van der Waals surface area contributed by atoms with E-state index in [4.69, 9.17) is 14.2 Å². The molecule has 0 bridgehead atoms. The van der Waals surface area contributed by atoms with Crippen LogP contribution in [0.5, 0.6) is 11.5 Å². The average Bonchev–Trinajstić information content (AvgIpc) is 2.74. The first-order valence-electron chi connectivity index (χ1n) is 9.14. The average molecular weight is 392 g/mol. The Morgan fingerprint density at radius 1 is 1.21 bits per heavy atom. The van der Waals surface area contributed by atoms with Crippen LogP contribution in [0.1, 0.15) is 39.2 Å². The van der Waals surface area contributed by atoms with E-state index in [0.717, 1.165) is 5.56 Å². The Labute approximate surface area is 165 Å². The maximum absolute atomic E-state index is 13.0. The summed E-state index contributed by atoms with van der Waals surface area (Å²) in [6.45, 7) is 5.40. The quantitative estimate of drug-likeness (QED) is 0.826. The van der Waals surface area contributed by atoms with E-state index in [1.807, 2.05) is 0 Å². The molecule has 0 radical (unpaired) electrons. The van der Waals surface area contributed by atoms with Crippen LogP contribution < -0.4 is 14.8 Å². The molecule has 0 aromatic heterocycles. The van der Waals surface area contributed by atoms with Gasteiger partial charge in [-0.2, -0.15) is 0 Å². The number of methoxy groups -OCH3 is 2. The van der Waals surface area contributed by atoms with Gasteiger partial charge in [-0.3, -0.25) is 9.59 Å². The summed E-state index contributed by atoms with van der Waals surface area (Å²) in [5, 5.41) is 2.59. The number of likely N-dealkylation sites (tertiary alicyclic amines) is 1. The van der Waals surface area contributed by atoms with Crippen LogP contribution in [-0.2, 0) is 20.9 Å². The minimum atomic E-state index is -0.814. The number of nitrogens with zero attached hydrogens (tertiary/aromatic N) is 1. The Morgan fingerprint density at radius 3 is 2.54 bits per heavy atom. The molecule has 0 spiro atoms. The molecule has 1 atom stereocenters. The van der Waals surface area contributed by atoms with E-state index in [2.05, 4.69) is 5.32 Å². The highest BCUT2D eigenvalue weighted by molar-refractivity contribution is 5.92. The lowest BCUT2D eigenvalue weighted by Crippen LogP contribution is -2.48. The van der Waals surface area contributed by atoms with Gasteiger partial charge in [0.2, 0.25) is 5.91 Å².